The van der Waals surface area contributed by atoms with Crippen molar-refractivity contribution >= 4 is 11.9 Å². The average molecular weight is 258 g/mol. The molecule has 0 spiro atoms. The van der Waals surface area contributed by atoms with Gasteiger partial charge in [-0.2, -0.15) is 0 Å². The highest BCUT2D eigenvalue weighted by Gasteiger charge is 2.40. The van der Waals surface area contributed by atoms with E-state index in [9.17, 15) is 14.7 Å². The second kappa shape index (κ2) is 7.33. The molecule has 3 N–H and O–H groups in total. The zero-order valence-corrected chi connectivity index (χ0v) is 10.8. The van der Waals surface area contributed by atoms with Crippen LogP contribution in [0.5, 0.6) is 0 Å². The number of hydrogen-bond donors (Lipinski definition) is 3. The number of carbonyl (C=O) groups is 2. The first-order valence-electron chi connectivity index (χ1n) is 6.39. The maximum atomic E-state index is 11.6. The van der Waals surface area contributed by atoms with E-state index in [0.717, 1.165) is 6.54 Å². The molecule has 0 aromatic carbocycles. The second-order valence-electron chi connectivity index (χ2n) is 4.58. The van der Waals surface area contributed by atoms with Gasteiger partial charge in [0.05, 0.1) is 5.41 Å². The number of rotatable bonds is 7. The molecule has 1 amide bonds. The Morgan fingerprint density at radius 2 is 2.00 bits per heavy atom. The average Bonchev–Trinajstić information content (AvgIpc) is 2.37. The zero-order chi connectivity index (χ0) is 13.4. The summed E-state index contributed by atoms with van der Waals surface area (Å²) >= 11 is 0. The summed E-state index contributed by atoms with van der Waals surface area (Å²) < 4.78 is 5.18. The number of amides is 1. The highest BCUT2D eigenvalue weighted by Crippen LogP contribution is 2.30. The lowest BCUT2D eigenvalue weighted by Crippen LogP contribution is -2.46. The Morgan fingerprint density at radius 1 is 1.33 bits per heavy atom. The first-order valence-corrected chi connectivity index (χ1v) is 6.39. The molecule has 0 unspecified atom stereocenters. The lowest BCUT2D eigenvalue weighted by Gasteiger charge is -2.33. The molecule has 1 fully saturated rings. The molecule has 1 aliphatic rings. The van der Waals surface area contributed by atoms with Gasteiger partial charge in [-0.05, 0) is 19.4 Å². The minimum atomic E-state index is -0.855. The number of carbonyl (C=O) groups excluding carboxylic acids is 1. The minimum Gasteiger partial charge on any atom is -0.481 e. The van der Waals surface area contributed by atoms with Gasteiger partial charge in [0.1, 0.15) is 0 Å². The number of hydrogen-bond acceptors (Lipinski definition) is 4. The van der Waals surface area contributed by atoms with Gasteiger partial charge in [0, 0.05) is 32.7 Å². The van der Waals surface area contributed by atoms with E-state index < -0.39 is 11.4 Å². The number of carboxylic acids is 1. The van der Waals surface area contributed by atoms with Crippen molar-refractivity contribution < 1.29 is 19.4 Å². The predicted molar refractivity (Wildman–Crippen MR) is 66.3 cm³/mol. The molecule has 0 radical (unpaired) electrons. The summed E-state index contributed by atoms with van der Waals surface area (Å²) in [4.78, 5) is 22.9. The van der Waals surface area contributed by atoms with E-state index in [2.05, 4.69) is 10.6 Å². The fourth-order valence-electron chi connectivity index (χ4n) is 1.96. The molecule has 1 rings (SSSR count). The van der Waals surface area contributed by atoms with Crippen LogP contribution in [0.25, 0.3) is 0 Å². The third-order valence-electron chi connectivity index (χ3n) is 3.31. The Morgan fingerprint density at radius 3 is 2.56 bits per heavy atom. The van der Waals surface area contributed by atoms with Crippen molar-refractivity contribution in [3.63, 3.8) is 0 Å². The third-order valence-corrected chi connectivity index (χ3v) is 3.31. The molecular formula is C12H22N2O4. The van der Waals surface area contributed by atoms with Crippen molar-refractivity contribution in [3.05, 3.63) is 0 Å². The zero-order valence-electron chi connectivity index (χ0n) is 10.8. The molecule has 6 nitrogen and oxygen atoms in total. The molecule has 0 aromatic rings. The maximum absolute atomic E-state index is 11.6. The van der Waals surface area contributed by atoms with Gasteiger partial charge in [-0.1, -0.05) is 6.92 Å². The van der Waals surface area contributed by atoms with Gasteiger partial charge in [-0.15, -0.1) is 0 Å². The Bertz CT molecular complexity index is 288. The highest BCUT2D eigenvalue weighted by atomic mass is 16.5. The van der Waals surface area contributed by atoms with Crippen LogP contribution in [0.2, 0.25) is 0 Å². The predicted octanol–water partition coefficient (Wildman–Crippen LogP) is -0.0164. The highest BCUT2D eigenvalue weighted by molar-refractivity contribution is 5.79. The van der Waals surface area contributed by atoms with Crippen LogP contribution in [0.3, 0.4) is 0 Å². The summed E-state index contributed by atoms with van der Waals surface area (Å²) in [6.07, 6.45) is 1.28. The molecule has 18 heavy (non-hydrogen) atoms. The molecule has 6 heteroatoms. The van der Waals surface area contributed by atoms with E-state index in [1.807, 2.05) is 6.92 Å². The lowest BCUT2D eigenvalue weighted by molar-refractivity contribution is -0.154. The van der Waals surface area contributed by atoms with E-state index in [0.29, 0.717) is 39.0 Å². The van der Waals surface area contributed by atoms with Crippen molar-refractivity contribution in [2.45, 2.75) is 26.2 Å². The molecule has 0 aliphatic carbocycles. The fourth-order valence-corrected chi connectivity index (χ4v) is 1.96. The van der Waals surface area contributed by atoms with Crippen LogP contribution in [-0.4, -0.2) is 49.8 Å². The van der Waals surface area contributed by atoms with Crippen molar-refractivity contribution in [2.24, 2.45) is 5.41 Å². The van der Waals surface area contributed by atoms with Crippen LogP contribution in [0, 0.1) is 5.41 Å². The molecule has 0 bridgehead atoms. The van der Waals surface area contributed by atoms with E-state index in [1.165, 1.54) is 0 Å². The standard InChI is InChI=1S/C12H22N2O4/c1-2-13-6-3-10(15)14-9-12(11(16)17)4-7-18-8-5-12/h13H,2-9H2,1H3,(H,14,15)(H,16,17). The van der Waals surface area contributed by atoms with Crippen molar-refractivity contribution in [2.75, 3.05) is 32.8 Å². The molecule has 1 heterocycles. The van der Waals surface area contributed by atoms with Gasteiger partial charge in [-0.25, -0.2) is 0 Å². The summed E-state index contributed by atoms with van der Waals surface area (Å²) in [7, 11) is 0. The normalized spacial score (nSPS) is 18.3. The lowest BCUT2D eigenvalue weighted by atomic mass is 9.80. The van der Waals surface area contributed by atoms with Crippen molar-refractivity contribution in [3.8, 4) is 0 Å². The van der Waals surface area contributed by atoms with Gasteiger partial charge >= 0.3 is 5.97 Å². The van der Waals surface area contributed by atoms with E-state index >= 15 is 0 Å². The maximum Gasteiger partial charge on any atom is 0.311 e. The Hall–Kier alpha value is -1.14. The van der Waals surface area contributed by atoms with Crippen LogP contribution >= 0.6 is 0 Å². The van der Waals surface area contributed by atoms with Gasteiger partial charge in [0.2, 0.25) is 5.91 Å². The molecule has 1 saturated heterocycles. The summed E-state index contributed by atoms with van der Waals surface area (Å²) in [5.74, 6) is -0.958. The summed E-state index contributed by atoms with van der Waals surface area (Å²) in [6.45, 7) is 4.49. The number of carboxylic acid groups (broad SMARTS) is 1. The molecule has 0 atom stereocenters. The van der Waals surface area contributed by atoms with Crippen molar-refractivity contribution in [1.82, 2.24) is 10.6 Å². The van der Waals surface area contributed by atoms with Crippen LogP contribution < -0.4 is 10.6 Å². The summed E-state index contributed by atoms with van der Waals surface area (Å²) in [5, 5.41) is 15.1. The van der Waals surface area contributed by atoms with Gasteiger partial charge in [0.25, 0.3) is 0 Å². The fraction of sp³-hybridized carbons (Fsp3) is 0.833. The first kappa shape index (κ1) is 14.9. The van der Waals surface area contributed by atoms with Crippen LogP contribution in [0.15, 0.2) is 0 Å². The number of ether oxygens (including phenoxy) is 1. The minimum absolute atomic E-state index is 0.108. The Balaban J connectivity index is 2.38. The largest absolute Gasteiger partial charge is 0.481 e. The summed E-state index contributed by atoms with van der Waals surface area (Å²) in [6, 6.07) is 0. The van der Waals surface area contributed by atoms with Crippen LogP contribution in [-0.2, 0) is 14.3 Å². The third kappa shape index (κ3) is 4.27. The molecular weight excluding hydrogens is 236 g/mol. The molecule has 104 valence electrons. The van der Waals surface area contributed by atoms with Crippen LogP contribution in [0.1, 0.15) is 26.2 Å². The van der Waals surface area contributed by atoms with E-state index in [4.69, 9.17) is 4.74 Å². The Kier molecular flexibility index (Phi) is 6.07. The second-order valence-corrected chi connectivity index (χ2v) is 4.58. The first-order chi connectivity index (χ1) is 8.60. The van der Waals surface area contributed by atoms with Crippen molar-refractivity contribution in [1.29, 1.82) is 0 Å². The van der Waals surface area contributed by atoms with Gasteiger partial charge in [-0.3, -0.25) is 9.59 Å². The number of nitrogens with one attached hydrogen (secondary N) is 2. The molecule has 0 aromatic heterocycles. The number of aliphatic carboxylic acids is 1. The van der Waals surface area contributed by atoms with E-state index in [-0.39, 0.29) is 12.5 Å². The van der Waals surface area contributed by atoms with Gasteiger partial charge < -0.3 is 20.5 Å². The quantitative estimate of drug-likeness (QED) is 0.559. The topological polar surface area (TPSA) is 87.7 Å². The van der Waals surface area contributed by atoms with Gasteiger partial charge in [0.15, 0.2) is 0 Å². The smallest absolute Gasteiger partial charge is 0.311 e. The monoisotopic (exact) mass is 258 g/mol. The SMILES string of the molecule is CCNCCC(=O)NCC1(C(=O)O)CCOCC1. The summed E-state index contributed by atoms with van der Waals surface area (Å²) in [5.41, 5.74) is -0.855. The van der Waals surface area contributed by atoms with Crippen LogP contribution in [0.4, 0.5) is 0 Å². The Labute approximate surface area is 107 Å². The molecule has 0 saturated carbocycles. The molecule has 1 aliphatic heterocycles. The van der Waals surface area contributed by atoms with E-state index in [1.54, 1.807) is 0 Å².